The highest BCUT2D eigenvalue weighted by Crippen LogP contribution is 2.28. The highest BCUT2D eigenvalue weighted by atomic mass is 16.3. The standard InChI is InChI=1S/C13H27NO/c1-3-5-6-12(4-2)11-14(9-10-15)13-7-8-13/h12-13,15H,3-11H2,1-2H3. The van der Waals surface area contributed by atoms with E-state index < -0.39 is 0 Å². The summed E-state index contributed by atoms with van der Waals surface area (Å²) in [4.78, 5) is 2.50. The van der Waals surface area contributed by atoms with Crippen LogP contribution < -0.4 is 0 Å². The molecule has 0 aromatic heterocycles. The molecule has 2 heteroatoms. The summed E-state index contributed by atoms with van der Waals surface area (Å²) >= 11 is 0. The second-order valence-electron chi connectivity index (χ2n) is 4.87. The maximum Gasteiger partial charge on any atom is 0.0558 e. The van der Waals surface area contributed by atoms with Crippen molar-refractivity contribution in [3.05, 3.63) is 0 Å². The van der Waals surface area contributed by atoms with E-state index in [1.165, 1.54) is 45.1 Å². The van der Waals surface area contributed by atoms with Crippen molar-refractivity contribution in [2.45, 2.75) is 58.4 Å². The van der Waals surface area contributed by atoms with Crippen molar-refractivity contribution in [1.29, 1.82) is 0 Å². The molecular formula is C13H27NO. The number of aliphatic hydroxyl groups excluding tert-OH is 1. The molecule has 0 amide bonds. The van der Waals surface area contributed by atoms with Crippen LogP contribution in [0.4, 0.5) is 0 Å². The summed E-state index contributed by atoms with van der Waals surface area (Å²) in [6, 6.07) is 0.799. The molecule has 0 aromatic carbocycles. The number of hydrogen-bond donors (Lipinski definition) is 1. The average molecular weight is 213 g/mol. The maximum absolute atomic E-state index is 9.03. The third-order valence-electron chi connectivity index (χ3n) is 3.49. The van der Waals surface area contributed by atoms with Gasteiger partial charge in [0.1, 0.15) is 0 Å². The fourth-order valence-electron chi connectivity index (χ4n) is 2.24. The van der Waals surface area contributed by atoms with E-state index in [4.69, 9.17) is 5.11 Å². The van der Waals surface area contributed by atoms with Crippen LogP contribution in [-0.4, -0.2) is 35.7 Å². The molecule has 90 valence electrons. The number of aliphatic hydroxyl groups is 1. The molecule has 1 unspecified atom stereocenters. The van der Waals surface area contributed by atoms with Crippen molar-refractivity contribution in [3.8, 4) is 0 Å². The zero-order chi connectivity index (χ0) is 11.1. The minimum Gasteiger partial charge on any atom is -0.395 e. The van der Waals surface area contributed by atoms with Gasteiger partial charge >= 0.3 is 0 Å². The Kier molecular flexibility index (Phi) is 6.26. The fourth-order valence-corrected chi connectivity index (χ4v) is 2.24. The minimum absolute atomic E-state index is 0.320. The van der Waals surface area contributed by atoms with E-state index in [2.05, 4.69) is 18.7 Å². The number of hydrogen-bond acceptors (Lipinski definition) is 2. The van der Waals surface area contributed by atoms with Gasteiger partial charge in [0.2, 0.25) is 0 Å². The van der Waals surface area contributed by atoms with Crippen molar-refractivity contribution < 1.29 is 5.11 Å². The highest BCUT2D eigenvalue weighted by molar-refractivity contribution is 4.85. The average Bonchev–Trinajstić information content (AvgIpc) is 3.06. The number of nitrogens with zero attached hydrogens (tertiary/aromatic N) is 1. The summed E-state index contributed by atoms with van der Waals surface area (Å²) in [5.41, 5.74) is 0. The Hall–Kier alpha value is -0.0800. The van der Waals surface area contributed by atoms with Crippen LogP contribution in [0.5, 0.6) is 0 Å². The van der Waals surface area contributed by atoms with Gasteiger partial charge in [-0.05, 0) is 25.2 Å². The molecule has 0 heterocycles. The third-order valence-corrected chi connectivity index (χ3v) is 3.49. The van der Waals surface area contributed by atoms with Crippen molar-refractivity contribution in [3.63, 3.8) is 0 Å². The van der Waals surface area contributed by atoms with Gasteiger partial charge in [0, 0.05) is 19.1 Å². The normalized spacial score (nSPS) is 18.4. The van der Waals surface area contributed by atoms with E-state index in [0.29, 0.717) is 6.61 Å². The Bertz CT molecular complexity index is 157. The van der Waals surface area contributed by atoms with E-state index in [0.717, 1.165) is 18.5 Å². The second kappa shape index (κ2) is 7.24. The number of unbranched alkanes of at least 4 members (excludes halogenated alkanes) is 1. The Labute approximate surface area is 94.7 Å². The quantitative estimate of drug-likeness (QED) is 0.636. The Morgan fingerprint density at radius 1 is 1.33 bits per heavy atom. The minimum atomic E-state index is 0.320. The lowest BCUT2D eigenvalue weighted by Crippen LogP contribution is -2.33. The largest absolute Gasteiger partial charge is 0.395 e. The van der Waals surface area contributed by atoms with Gasteiger partial charge in [0.05, 0.1) is 6.61 Å². The number of rotatable bonds is 9. The van der Waals surface area contributed by atoms with Gasteiger partial charge in [-0.25, -0.2) is 0 Å². The van der Waals surface area contributed by atoms with Crippen molar-refractivity contribution >= 4 is 0 Å². The first-order valence-electron chi connectivity index (χ1n) is 6.66. The molecule has 1 fully saturated rings. The zero-order valence-electron chi connectivity index (χ0n) is 10.4. The molecule has 0 saturated heterocycles. The van der Waals surface area contributed by atoms with Crippen LogP contribution in [-0.2, 0) is 0 Å². The van der Waals surface area contributed by atoms with Crippen LogP contribution in [0, 0.1) is 5.92 Å². The van der Waals surface area contributed by atoms with E-state index in [-0.39, 0.29) is 0 Å². The maximum atomic E-state index is 9.03. The van der Waals surface area contributed by atoms with Gasteiger partial charge in [0.15, 0.2) is 0 Å². The van der Waals surface area contributed by atoms with Crippen molar-refractivity contribution in [1.82, 2.24) is 4.90 Å². The molecule has 1 rings (SSSR count). The molecular weight excluding hydrogens is 186 g/mol. The summed E-state index contributed by atoms with van der Waals surface area (Å²) in [7, 11) is 0. The summed E-state index contributed by atoms with van der Waals surface area (Å²) < 4.78 is 0. The van der Waals surface area contributed by atoms with Crippen LogP contribution in [0.15, 0.2) is 0 Å². The van der Waals surface area contributed by atoms with Crippen molar-refractivity contribution in [2.24, 2.45) is 5.92 Å². The molecule has 1 aliphatic carbocycles. The van der Waals surface area contributed by atoms with E-state index >= 15 is 0 Å². The molecule has 1 aliphatic rings. The molecule has 0 bridgehead atoms. The lowest BCUT2D eigenvalue weighted by Gasteiger charge is -2.26. The summed E-state index contributed by atoms with van der Waals surface area (Å²) in [6.45, 7) is 6.97. The van der Waals surface area contributed by atoms with Crippen LogP contribution in [0.1, 0.15) is 52.4 Å². The predicted octanol–water partition coefficient (Wildman–Crippen LogP) is 2.66. The Morgan fingerprint density at radius 3 is 2.53 bits per heavy atom. The van der Waals surface area contributed by atoms with E-state index in [1.807, 2.05) is 0 Å². The Balaban J connectivity index is 2.25. The summed E-state index contributed by atoms with van der Waals surface area (Å²) in [5, 5.41) is 9.03. The second-order valence-corrected chi connectivity index (χ2v) is 4.87. The molecule has 2 nitrogen and oxygen atoms in total. The lowest BCUT2D eigenvalue weighted by atomic mass is 9.98. The molecule has 1 atom stereocenters. The molecule has 0 radical (unpaired) electrons. The molecule has 0 aromatic rings. The summed E-state index contributed by atoms with van der Waals surface area (Å²) in [6.07, 6.45) is 8.01. The van der Waals surface area contributed by atoms with Crippen LogP contribution in [0.25, 0.3) is 0 Å². The topological polar surface area (TPSA) is 23.5 Å². The van der Waals surface area contributed by atoms with Gasteiger partial charge < -0.3 is 5.11 Å². The van der Waals surface area contributed by atoms with Gasteiger partial charge in [-0.2, -0.15) is 0 Å². The highest BCUT2D eigenvalue weighted by Gasteiger charge is 2.29. The Morgan fingerprint density at radius 2 is 2.07 bits per heavy atom. The summed E-state index contributed by atoms with van der Waals surface area (Å²) in [5.74, 6) is 0.845. The third kappa shape index (κ3) is 4.98. The zero-order valence-corrected chi connectivity index (χ0v) is 10.4. The van der Waals surface area contributed by atoms with Crippen LogP contribution >= 0.6 is 0 Å². The predicted molar refractivity (Wildman–Crippen MR) is 65.0 cm³/mol. The molecule has 0 spiro atoms. The van der Waals surface area contributed by atoms with Crippen LogP contribution in [0.2, 0.25) is 0 Å². The van der Waals surface area contributed by atoms with Crippen LogP contribution in [0.3, 0.4) is 0 Å². The van der Waals surface area contributed by atoms with Gasteiger partial charge in [-0.1, -0.05) is 33.1 Å². The first-order chi connectivity index (χ1) is 7.31. The molecule has 0 aliphatic heterocycles. The van der Waals surface area contributed by atoms with Gasteiger partial charge in [-0.15, -0.1) is 0 Å². The smallest absolute Gasteiger partial charge is 0.0558 e. The fraction of sp³-hybridized carbons (Fsp3) is 1.00. The van der Waals surface area contributed by atoms with E-state index in [9.17, 15) is 0 Å². The van der Waals surface area contributed by atoms with Gasteiger partial charge in [0.25, 0.3) is 0 Å². The monoisotopic (exact) mass is 213 g/mol. The molecule has 1 saturated carbocycles. The lowest BCUT2D eigenvalue weighted by molar-refractivity contribution is 0.162. The van der Waals surface area contributed by atoms with Gasteiger partial charge in [-0.3, -0.25) is 4.90 Å². The first kappa shape index (κ1) is 13.0. The first-order valence-corrected chi connectivity index (χ1v) is 6.66. The SMILES string of the molecule is CCCCC(CC)CN(CCO)C1CC1. The van der Waals surface area contributed by atoms with E-state index in [1.54, 1.807) is 0 Å². The molecule has 15 heavy (non-hydrogen) atoms. The molecule has 1 N–H and O–H groups in total. The van der Waals surface area contributed by atoms with Crippen molar-refractivity contribution in [2.75, 3.05) is 19.7 Å².